The predicted molar refractivity (Wildman–Crippen MR) is 63.9 cm³/mol. The van der Waals surface area contributed by atoms with Crippen LogP contribution in [0.4, 0.5) is 4.79 Å². The van der Waals surface area contributed by atoms with Gasteiger partial charge >= 0.3 is 6.09 Å². The summed E-state index contributed by atoms with van der Waals surface area (Å²) in [6.07, 6.45) is 1.40. The molecule has 98 valence electrons. The molecule has 6 nitrogen and oxygen atoms in total. The molecule has 3 rings (SSSR count). The molecular weight excluding hydrogens is 232 g/mol. The number of amides is 1. The third-order valence-electron chi connectivity index (χ3n) is 3.60. The summed E-state index contributed by atoms with van der Waals surface area (Å²) < 4.78 is 5.37. The number of piperidine rings is 1. The van der Waals surface area contributed by atoms with Gasteiger partial charge in [0.05, 0.1) is 0 Å². The van der Waals surface area contributed by atoms with Gasteiger partial charge in [0.2, 0.25) is 0 Å². The summed E-state index contributed by atoms with van der Waals surface area (Å²) >= 11 is 0. The van der Waals surface area contributed by atoms with Crippen molar-refractivity contribution in [1.82, 2.24) is 20.1 Å². The maximum Gasteiger partial charge on any atom is 0.410 e. The van der Waals surface area contributed by atoms with Crippen LogP contribution in [-0.4, -0.2) is 44.9 Å². The van der Waals surface area contributed by atoms with Crippen molar-refractivity contribution < 1.29 is 9.53 Å². The molecule has 0 spiro atoms. The van der Waals surface area contributed by atoms with Crippen LogP contribution in [0.1, 0.15) is 32.5 Å². The highest BCUT2D eigenvalue weighted by atomic mass is 16.6. The lowest BCUT2D eigenvalue weighted by atomic mass is 10.2. The molecule has 1 amide bonds. The Labute approximate surface area is 106 Å². The van der Waals surface area contributed by atoms with Gasteiger partial charge in [-0.1, -0.05) is 0 Å². The molecule has 1 aromatic rings. The van der Waals surface area contributed by atoms with E-state index in [9.17, 15) is 4.79 Å². The Hall–Kier alpha value is -1.59. The van der Waals surface area contributed by atoms with E-state index in [4.69, 9.17) is 4.74 Å². The number of hydrogen-bond acceptors (Lipinski definition) is 4. The van der Waals surface area contributed by atoms with Crippen molar-refractivity contribution in [2.75, 3.05) is 13.1 Å². The van der Waals surface area contributed by atoms with Gasteiger partial charge in [0.25, 0.3) is 0 Å². The summed E-state index contributed by atoms with van der Waals surface area (Å²) in [5.74, 6) is 2.44. The molecule has 1 aliphatic heterocycles. The number of rotatable bonds is 1. The topological polar surface area (TPSA) is 71.1 Å². The number of aromatic amines is 1. The fraction of sp³-hybridized carbons (Fsp3) is 0.750. The second kappa shape index (κ2) is 3.70. The van der Waals surface area contributed by atoms with E-state index in [0.717, 1.165) is 18.9 Å². The van der Waals surface area contributed by atoms with Gasteiger partial charge in [0, 0.05) is 19.0 Å². The molecule has 3 atom stereocenters. The quantitative estimate of drug-likeness (QED) is 0.817. The Morgan fingerprint density at radius 1 is 1.44 bits per heavy atom. The monoisotopic (exact) mass is 250 g/mol. The molecule has 0 aromatic carbocycles. The third-order valence-corrected chi connectivity index (χ3v) is 3.60. The summed E-state index contributed by atoms with van der Waals surface area (Å²) in [4.78, 5) is 16.7. The number of aromatic nitrogens is 3. The van der Waals surface area contributed by atoms with E-state index in [1.165, 1.54) is 0 Å². The smallest absolute Gasteiger partial charge is 0.410 e. The van der Waals surface area contributed by atoms with E-state index in [-0.39, 0.29) is 6.09 Å². The van der Waals surface area contributed by atoms with E-state index in [2.05, 4.69) is 15.2 Å². The molecule has 1 aliphatic carbocycles. The van der Waals surface area contributed by atoms with Crippen molar-refractivity contribution in [3.8, 4) is 0 Å². The molecule has 1 saturated carbocycles. The maximum atomic E-state index is 11.9. The summed E-state index contributed by atoms with van der Waals surface area (Å²) in [6, 6.07) is 0. The van der Waals surface area contributed by atoms with Gasteiger partial charge in [-0.3, -0.25) is 0 Å². The summed E-state index contributed by atoms with van der Waals surface area (Å²) in [5, 5.41) is 7.85. The zero-order valence-corrected chi connectivity index (χ0v) is 10.9. The van der Waals surface area contributed by atoms with Gasteiger partial charge in [-0.25, -0.2) is 4.79 Å². The lowest BCUT2D eigenvalue weighted by Crippen LogP contribution is -2.36. The van der Waals surface area contributed by atoms with Gasteiger partial charge in [0.1, 0.15) is 17.8 Å². The molecule has 1 unspecified atom stereocenters. The molecular formula is C12H18N4O2. The first-order valence-electron chi connectivity index (χ1n) is 6.29. The van der Waals surface area contributed by atoms with Gasteiger partial charge < -0.3 is 14.6 Å². The van der Waals surface area contributed by atoms with E-state index in [1.54, 1.807) is 11.2 Å². The number of likely N-dealkylation sites (tertiary alicyclic amines) is 1. The molecule has 2 heterocycles. The number of hydrogen-bond donors (Lipinski definition) is 1. The first kappa shape index (κ1) is 11.5. The zero-order valence-electron chi connectivity index (χ0n) is 10.9. The van der Waals surface area contributed by atoms with Gasteiger partial charge in [-0.2, -0.15) is 0 Å². The number of carbonyl (C=O) groups is 1. The number of nitrogens with one attached hydrogen (secondary N) is 1. The molecule has 2 fully saturated rings. The second-order valence-corrected chi connectivity index (χ2v) is 6.11. The number of fused-ring (bicyclic) bond motifs is 1. The summed E-state index contributed by atoms with van der Waals surface area (Å²) in [6.45, 7) is 7.20. The third kappa shape index (κ3) is 1.95. The van der Waals surface area contributed by atoms with Crippen LogP contribution in [0.5, 0.6) is 0 Å². The number of H-pyrrole nitrogens is 1. The van der Waals surface area contributed by atoms with E-state index >= 15 is 0 Å². The molecule has 6 heteroatoms. The average Bonchev–Trinajstić information content (AvgIpc) is 2.76. The Morgan fingerprint density at radius 3 is 2.61 bits per heavy atom. The molecule has 0 radical (unpaired) electrons. The largest absolute Gasteiger partial charge is 0.444 e. The van der Waals surface area contributed by atoms with Crippen LogP contribution in [0.15, 0.2) is 6.33 Å². The first-order valence-corrected chi connectivity index (χ1v) is 6.29. The van der Waals surface area contributed by atoms with Crippen molar-refractivity contribution in [1.29, 1.82) is 0 Å². The Kier molecular flexibility index (Phi) is 2.36. The standard InChI is InChI=1S/C12H18N4O2/c1-12(2,3)18-11(17)16-4-7-8(5-16)9(7)10-13-6-14-15-10/h6-9H,4-5H2,1-3H3,(H,13,14,15)/t7-,8+,9?. The van der Waals surface area contributed by atoms with Crippen molar-refractivity contribution in [2.45, 2.75) is 32.3 Å². The Morgan fingerprint density at radius 2 is 2.11 bits per heavy atom. The number of nitrogens with zero attached hydrogens (tertiary/aromatic N) is 3. The van der Waals surface area contributed by atoms with Crippen molar-refractivity contribution in [2.24, 2.45) is 11.8 Å². The molecule has 18 heavy (non-hydrogen) atoms. The van der Waals surface area contributed by atoms with Crippen LogP contribution < -0.4 is 0 Å². The normalized spacial score (nSPS) is 30.2. The van der Waals surface area contributed by atoms with Gasteiger partial charge in [0.15, 0.2) is 0 Å². The molecule has 1 saturated heterocycles. The average molecular weight is 250 g/mol. The lowest BCUT2D eigenvalue weighted by Gasteiger charge is -2.25. The Balaban J connectivity index is 1.56. The van der Waals surface area contributed by atoms with Crippen molar-refractivity contribution in [3.63, 3.8) is 0 Å². The van der Waals surface area contributed by atoms with E-state index in [1.807, 2.05) is 20.8 Å². The fourth-order valence-corrected chi connectivity index (χ4v) is 2.79. The van der Waals surface area contributed by atoms with Gasteiger partial charge in [-0.05, 0) is 32.6 Å². The minimum atomic E-state index is -0.422. The van der Waals surface area contributed by atoms with Crippen LogP contribution in [-0.2, 0) is 4.74 Å². The van der Waals surface area contributed by atoms with Crippen LogP contribution in [0.2, 0.25) is 0 Å². The molecule has 2 aliphatic rings. The van der Waals surface area contributed by atoms with Crippen LogP contribution in [0.3, 0.4) is 0 Å². The predicted octanol–water partition coefficient (Wildman–Crippen LogP) is 1.39. The lowest BCUT2D eigenvalue weighted by molar-refractivity contribution is 0.0270. The molecule has 0 bridgehead atoms. The SMILES string of the molecule is CC(C)(C)OC(=O)N1C[C@@H]2C(c3nnc[nH]3)[C@@H]2C1. The van der Waals surface area contributed by atoms with Crippen molar-refractivity contribution >= 4 is 6.09 Å². The highest BCUT2D eigenvalue weighted by molar-refractivity contribution is 5.69. The highest BCUT2D eigenvalue weighted by Gasteiger charge is 2.59. The maximum absolute atomic E-state index is 11.9. The van der Waals surface area contributed by atoms with Crippen molar-refractivity contribution in [3.05, 3.63) is 12.2 Å². The van der Waals surface area contributed by atoms with Crippen LogP contribution in [0.25, 0.3) is 0 Å². The fourth-order valence-electron chi connectivity index (χ4n) is 2.79. The summed E-state index contributed by atoms with van der Waals surface area (Å²) in [7, 11) is 0. The minimum absolute atomic E-state index is 0.203. The van der Waals surface area contributed by atoms with E-state index in [0.29, 0.717) is 17.8 Å². The van der Waals surface area contributed by atoms with Crippen LogP contribution >= 0.6 is 0 Å². The molecule has 1 aromatic heterocycles. The summed E-state index contributed by atoms with van der Waals surface area (Å²) in [5.41, 5.74) is -0.422. The van der Waals surface area contributed by atoms with E-state index < -0.39 is 5.60 Å². The zero-order chi connectivity index (χ0) is 12.9. The number of carbonyl (C=O) groups excluding carboxylic acids is 1. The Bertz CT molecular complexity index is 439. The first-order chi connectivity index (χ1) is 8.46. The highest BCUT2D eigenvalue weighted by Crippen LogP contribution is 2.57. The minimum Gasteiger partial charge on any atom is -0.444 e. The van der Waals surface area contributed by atoms with Crippen LogP contribution in [0, 0.1) is 11.8 Å². The molecule has 1 N–H and O–H groups in total. The second-order valence-electron chi connectivity index (χ2n) is 6.11. The number of ether oxygens (including phenoxy) is 1. The van der Waals surface area contributed by atoms with Gasteiger partial charge in [-0.15, -0.1) is 10.2 Å².